The molecule has 2 aromatic rings. The van der Waals surface area contributed by atoms with Gasteiger partial charge in [-0.05, 0) is 24.3 Å². The summed E-state index contributed by atoms with van der Waals surface area (Å²) in [6, 6.07) is 9.90. The zero-order valence-electron chi connectivity index (χ0n) is 11.0. The third kappa shape index (κ3) is 3.34. The van der Waals surface area contributed by atoms with Gasteiger partial charge in [0, 0.05) is 24.2 Å². The van der Waals surface area contributed by atoms with Gasteiger partial charge < -0.3 is 9.64 Å². The molecule has 2 aromatic heterocycles. The van der Waals surface area contributed by atoms with Crippen LogP contribution in [0.1, 0.15) is 4.88 Å². The van der Waals surface area contributed by atoms with Gasteiger partial charge in [0.15, 0.2) is 0 Å². The van der Waals surface area contributed by atoms with E-state index in [4.69, 9.17) is 4.74 Å². The molecule has 5 nitrogen and oxygen atoms in total. The average molecular weight is 288 g/mol. The van der Waals surface area contributed by atoms with E-state index >= 15 is 0 Å². The summed E-state index contributed by atoms with van der Waals surface area (Å²) in [5, 5.41) is 5.47. The molecule has 3 heterocycles. The minimum atomic E-state index is 0.744. The number of rotatable bonds is 4. The number of nitrogens with zero attached hydrogens (tertiary/aromatic N) is 3. The van der Waals surface area contributed by atoms with E-state index in [-0.39, 0.29) is 0 Å². The predicted octanol–water partition coefficient (Wildman–Crippen LogP) is 2.43. The first-order valence-corrected chi connectivity index (χ1v) is 7.36. The largest absolute Gasteiger partial charge is 0.378 e. The average Bonchev–Trinajstić information content (AvgIpc) is 2.98. The molecular weight excluding hydrogens is 272 g/mol. The third-order valence-corrected chi connectivity index (χ3v) is 4.05. The van der Waals surface area contributed by atoms with E-state index in [2.05, 4.69) is 32.5 Å². The van der Waals surface area contributed by atoms with E-state index in [1.54, 1.807) is 17.5 Å². The first kappa shape index (κ1) is 13.1. The molecule has 3 rings (SSSR count). The lowest BCUT2D eigenvalue weighted by Gasteiger charge is -2.27. The van der Waals surface area contributed by atoms with Crippen LogP contribution in [0.4, 0.5) is 10.8 Å². The molecule has 6 heteroatoms. The molecule has 0 unspecified atom stereocenters. The van der Waals surface area contributed by atoms with Crippen LogP contribution in [0.2, 0.25) is 0 Å². The molecule has 0 amide bonds. The summed E-state index contributed by atoms with van der Waals surface area (Å²) in [4.78, 5) is 7.61. The van der Waals surface area contributed by atoms with Gasteiger partial charge >= 0.3 is 0 Å². The summed E-state index contributed by atoms with van der Waals surface area (Å²) in [6.07, 6.45) is 3.56. The van der Waals surface area contributed by atoms with Crippen LogP contribution >= 0.6 is 11.3 Å². The number of pyridine rings is 1. The van der Waals surface area contributed by atoms with Crippen LogP contribution in [-0.4, -0.2) is 37.5 Å². The quantitative estimate of drug-likeness (QED) is 0.693. The Hall–Kier alpha value is -1.92. The Morgan fingerprint density at radius 2 is 2.15 bits per heavy atom. The van der Waals surface area contributed by atoms with Crippen molar-refractivity contribution < 1.29 is 4.74 Å². The number of hydrogen-bond donors (Lipinski definition) is 1. The van der Waals surface area contributed by atoms with Crippen LogP contribution in [0, 0.1) is 0 Å². The Labute approximate surface area is 121 Å². The number of anilines is 2. The number of hydrogen-bond acceptors (Lipinski definition) is 6. The Kier molecular flexibility index (Phi) is 4.25. The summed E-state index contributed by atoms with van der Waals surface area (Å²) in [6.45, 7) is 3.54. The summed E-state index contributed by atoms with van der Waals surface area (Å²) < 4.78 is 5.36. The van der Waals surface area contributed by atoms with E-state index in [0.29, 0.717) is 0 Å². The highest BCUT2D eigenvalue weighted by Crippen LogP contribution is 2.25. The van der Waals surface area contributed by atoms with Crippen molar-refractivity contribution in [3.63, 3.8) is 0 Å². The number of nitrogens with one attached hydrogen (secondary N) is 1. The molecule has 1 fully saturated rings. The zero-order chi connectivity index (χ0) is 13.6. The summed E-state index contributed by atoms with van der Waals surface area (Å²) in [5.41, 5.74) is 2.91. The lowest BCUT2D eigenvalue weighted by atomic mass is 10.4. The number of ether oxygens (including phenoxy) is 1. The maximum absolute atomic E-state index is 5.36. The van der Waals surface area contributed by atoms with E-state index in [1.807, 2.05) is 24.4 Å². The van der Waals surface area contributed by atoms with Crippen LogP contribution in [0.15, 0.2) is 41.6 Å². The van der Waals surface area contributed by atoms with Gasteiger partial charge in [-0.1, -0.05) is 6.07 Å². The van der Waals surface area contributed by atoms with Crippen molar-refractivity contribution in [3.05, 3.63) is 41.4 Å². The molecule has 20 heavy (non-hydrogen) atoms. The minimum absolute atomic E-state index is 0.744. The molecule has 1 aliphatic rings. The number of aromatic nitrogens is 1. The topological polar surface area (TPSA) is 49.8 Å². The molecular formula is C14H16N4OS. The van der Waals surface area contributed by atoms with E-state index in [0.717, 1.165) is 37.0 Å². The van der Waals surface area contributed by atoms with Crippen LogP contribution in [0.5, 0.6) is 0 Å². The minimum Gasteiger partial charge on any atom is -0.378 e. The first-order chi connectivity index (χ1) is 9.92. The smallest absolute Gasteiger partial charge is 0.146 e. The van der Waals surface area contributed by atoms with E-state index < -0.39 is 0 Å². The molecule has 0 bridgehead atoms. The molecule has 104 valence electrons. The van der Waals surface area contributed by atoms with Gasteiger partial charge in [0.25, 0.3) is 0 Å². The van der Waals surface area contributed by atoms with Crippen molar-refractivity contribution in [2.75, 3.05) is 36.6 Å². The van der Waals surface area contributed by atoms with Crippen LogP contribution in [-0.2, 0) is 4.74 Å². The van der Waals surface area contributed by atoms with Gasteiger partial charge in [0.1, 0.15) is 5.82 Å². The second kappa shape index (κ2) is 6.49. The Balaban J connectivity index is 1.59. The van der Waals surface area contributed by atoms with Crippen molar-refractivity contribution in [1.82, 2.24) is 4.98 Å². The lowest BCUT2D eigenvalue weighted by Crippen LogP contribution is -2.35. The SMILES string of the molecule is C(=NNc1ccccn1)c1ccc(N2CCOCC2)s1. The number of hydrazone groups is 1. The Bertz CT molecular complexity index is 564. The van der Waals surface area contributed by atoms with Crippen LogP contribution in [0.25, 0.3) is 0 Å². The molecule has 0 spiro atoms. The highest BCUT2D eigenvalue weighted by molar-refractivity contribution is 7.17. The standard InChI is InChI=1S/C14H16N4OS/c1-2-6-15-13(3-1)17-16-11-12-4-5-14(20-12)18-7-9-19-10-8-18/h1-6,11H,7-10H2,(H,15,17). The van der Waals surface area contributed by atoms with Gasteiger partial charge in [-0.25, -0.2) is 4.98 Å². The highest BCUT2D eigenvalue weighted by Gasteiger charge is 2.12. The van der Waals surface area contributed by atoms with E-state index in [9.17, 15) is 0 Å². The fraction of sp³-hybridized carbons (Fsp3) is 0.286. The molecule has 0 aromatic carbocycles. The normalized spacial score (nSPS) is 15.7. The van der Waals surface area contributed by atoms with Crippen molar-refractivity contribution in [2.24, 2.45) is 5.10 Å². The molecule has 0 atom stereocenters. The van der Waals surface area contributed by atoms with Gasteiger partial charge in [-0.15, -0.1) is 11.3 Å². The Morgan fingerprint density at radius 1 is 1.25 bits per heavy atom. The second-order valence-corrected chi connectivity index (χ2v) is 5.45. The maximum atomic E-state index is 5.36. The van der Waals surface area contributed by atoms with Gasteiger partial charge in [-0.2, -0.15) is 5.10 Å². The fourth-order valence-corrected chi connectivity index (χ4v) is 2.89. The number of morpholine rings is 1. The van der Waals surface area contributed by atoms with Crippen molar-refractivity contribution in [2.45, 2.75) is 0 Å². The van der Waals surface area contributed by atoms with Crippen LogP contribution < -0.4 is 10.3 Å². The highest BCUT2D eigenvalue weighted by atomic mass is 32.1. The summed E-state index contributed by atoms with van der Waals surface area (Å²) in [5.74, 6) is 0.744. The molecule has 1 N–H and O–H groups in total. The zero-order valence-corrected chi connectivity index (χ0v) is 11.8. The predicted molar refractivity (Wildman–Crippen MR) is 82.8 cm³/mol. The van der Waals surface area contributed by atoms with Crippen LogP contribution in [0.3, 0.4) is 0 Å². The molecule has 0 aliphatic carbocycles. The van der Waals surface area contributed by atoms with Crippen molar-refractivity contribution in [1.29, 1.82) is 0 Å². The van der Waals surface area contributed by atoms with Crippen molar-refractivity contribution >= 4 is 28.4 Å². The van der Waals surface area contributed by atoms with E-state index in [1.165, 1.54) is 5.00 Å². The lowest BCUT2D eigenvalue weighted by molar-refractivity contribution is 0.123. The summed E-state index contributed by atoms with van der Waals surface area (Å²) >= 11 is 1.74. The summed E-state index contributed by atoms with van der Waals surface area (Å²) in [7, 11) is 0. The van der Waals surface area contributed by atoms with Crippen molar-refractivity contribution in [3.8, 4) is 0 Å². The monoisotopic (exact) mass is 288 g/mol. The fourth-order valence-electron chi connectivity index (χ4n) is 1.96. The Morgan fingerprint density at radius 3 is 2.95 bits per heavy atom. The molecule has 0 radical (unpaired) electrons. The third-order valence-electron chi connectivity index (χ3n) is 2.97. The molecule has 1 saturated heterocycles. The second-order valence-electron chi connectivity index (χ2n) is 4.36. The number of thiophene rings is 1. The maximum Gasteiger partial charge on any atom is 0.146 e. The first-order valence-electron chi connectivity index (χ1n) is 6.54. The van der Waals surface area contributed by atoms with Gasteiger partial charge in [0.05, 0.1) is 24.4 Å². The van der Waals surface area contributed by atoms with Gasteiger partial charge in [0.2, 0.25) is 0 Å². The molecule has 1 aliphatic heterocycles. The molecule has 0 saturated carbocycles. The van der Waals surface area contributed by atoms with Gasteiger partial charge in [-0.3, -0.25) is 5.43 Å².